The number of methoxy groups -OCH3 is 1. The first-order valence-corrected chi connectivity index (χ1v) is 6.57. The Morgan fingerprint density at radius 1 is 1.42 bits per heavy atom. The van der Waals surface area contributed by atoms with Gasteiger partial charge in [0, 0.05) is 12.1 Å². The molecule has 102 valence electrons. The maximum Gasteiger partial charge on any atom is 0.308 e. The molecule has 0 atom stereocenters. The van der Waals surface area contributed by atoms with Gasteiger partial charge in [-0.15, -0.1) is 0 Å². The maximum atomic E-state index is 11.4. The lowest BCUT2D eigenvalue weighted by atomic mass is 9.96. The molecule has 0 aliphatic carbocycles. The summed E-state index contributed by atoms with van der Waals surface area (Å²) in [5.74, 6) is -0.0508. The van der Waals surface area contributed by atoms with E-state index in [1.165, 1.54) is 7.11 Å². The number of rotatable bonds is 4. The highest BCUT2D eigenvalue weighted by Crippen LogP contribution is 2.20. The molecule has 1 fully saturated rings. The van der Waals surface area contributed by atoms with Gasteiger partial charge >= 0.3 is 5.97 Å². The summed E-state index contributed by atoms with van der Waals surface area (Å²) in [6.07, 6.45) is 2.56. The minimum absolute atomic E-state index is 0.0440. The second-order valence-electron chi connectivity index (χ2n) is 4.94. The minimum Gasteiger partial charge on any atom is -0.469 e. The average Bonchev–Trinajstić information content (AvgIpc) is 2.47. The Hall–Kier alpha value is -1.68. The molecule has 1 aliphatic heterocycles. The SMILES string of the molecule is COC(=O)C1CCN(Cc2cccc(C=O)c2)CC1. The van der Waals surface area contributed by atoms with Gasteiger partial charge in [0.2, 0.25) is 0 Å². The van der Waals surface area contributed by atoms with Gasteiger partial charge in [-0.2, -0.15) is 0 Å². The number of piperidine rings is 1. The fraction of sp³-hybridized carbons (Fsp3) is 0.467. The van der Waals surface area contributed by atoms with Crippen molar-refractivity contribution in [3.05, 3.63) is 35.4 Å². The van der Waals surface area contributed by atoms with Crippen LogP contribution in [-0.4, -0.2) is 37.4 Å². The Balaban J connectivity index is 1.88. The molecule has 1 aromatic rings. The van der Waals surface area contributed by atoms with E-state index in [9.17, 15) is 9.59 Å². The van der Waals surface area contributed by atoms with E-state index in [0.29, 0.717) is 5.56 Å². The van der Waals surface area contributed by atoms with Gasteiger partial charge in [0.25, 0.3) is 0 Å². The molecule has 19 heavy (non-hydrogen) atoms. The van der Waals surface area contributed by atoms with Crippen molar-refractivity contribution in [3.63, 3.8) is 0 Å². The third-order valence-corrected chi connectivity index (χ3v) is 3.62. The van der Waals surface area contributed by atoms with Gasteiger partial charge in [-0.25, -0.2) is 0 Å². The number of benzene rings is 1. The van der Waals surface area contributed by atoms with Crippen LogP contribution in [0.15, 0.2) is 24.3 Å². The molecule has 1 aliphatic rings. The van der Waals surface area contributed by atoms with E-state index in [1.54, 1.807) is 6.07 Å². The van der Waals surface area contributed by atoms with E-state index in [-0.39, 0.29) is 11.9 Å². The lowest BCUT2D eigenvalue weighted by Crippen LogP contribution is -2.36. The van der Waals surface area contributed by atoms with Gasteiger partial charge in [-0.05, 0) is 37.6 Å². The number of hydrogen-bond acceptors (Lipinski definition) is 4. The van der Waals surface area contributed by atoms with Crippen LogP contribution < -0.4 is 0 Å². The van der Waals surface area contributed by atoms with E-state index in [1.807, 2.05) is 18.2 Å². The monoisotopic (exact) mass is 261 g/mol. The van der Waals surface area contributed by atoms with Crippen LogP contribution in [0.25, 0.3) is 0 Å². The number of likely N-dealkylation sites (tertiary alicyclic amines) is 1. The number of ether oxygens (including phenoxy) is 1. The van der Waals surface area contributed by atoms with Crippen molar-refractivity contribution in [1.29, 1.82) is 0 Å². The Bertz CT molecular complexity index is 450. The standard InChI is InChI=1S/C15H19NO3/c1-19-15(18)14-5-7-16(8-6-14)10-12-3-2-4-13(9-12)11-17/h2-4,9,11,14H,5-8,10H2,1H3. The minimum atomic E-state index is -0.0948. The molecule has 0 aromatic heterocycles. The number of nitrogens with zero attached hydrogens (tertiary/aromatic N) is 1. The molecular weight excluding hydrogens is 242 g/mol. The van der Waals surface area contributed by atoms with Crippen LogP contribution in [0, 0.1) is 5.92 Å². The largest absolute Gasteiger partial charge is 0.469 e. The summed E-state index contributed by atoms with van der Waals surface area (Å²) in [4.78, 5) is 24.5. The van der Waals surface area contributed by atoms with E-state index in [4.69, 9.17) is 4.74 Å². The number of aldehydes is 1. The van der Waals surface area contributed by atoms with Crippen molar-refractivity contribution in [1.82, 2.24) is 4.90 Å². The molecule has 1 aromatic carbocycles. The number of carbonyl (C=O) groups excluding carboxylic acids is 2. The van der Waals surface area contributed by atoms with Crippen molar-refractivity contribution in [2.75, 3.05) is 20.2 Å². The Morgan fingerprint density at radius 3 is 2.79 bits per heavy atom. The highest BCUT2D eigenvalue weighted by atomic mass is 16.5. The summed E-state index contributed by atoms with van der Waals surface area (Å²) in [6.45, 7) is 2.62. The summed E-state index contributed by atoms with van der Waals surface area (Å²) in [6, 6.07) is 7.65. The van der Waals surface area contributed by atoms with Crippen LogP contribution in [0.1, 0.15) is 28.8 Å². The summed E-state index contributed by atoms with van der Waals surface area (Å²) >= 11 is 0. The van der Waals surface area contributed by atoms with E-state index in [0.717, 1.165) is 44.3 Å². The van der Waals surface area contributed by atoms with Crippen molar-refractivity contribution >= 4 is 12.3 Å². The molecule has 0 amide bonds. The third kappa shape index (κ3) is 3.64. The van der Waals surface area contributed by atoms with Crippen molar-refractivity contribution in [3.8, 4) is 0 Å². The van der Waals surface area contributed by atoms with Gasteiger partial charge < -0.3 is 4.74 Å². The second-order valence-corrected chi connectivity index (χ2v) is 4.94. The van der Waals surface area contributed by atoms with Crippen LogP contribution in [-0.2, 0) is 16.1 Å². The zero-order valence-electron chi connectivity index (χ0n) is 11.2. The van der Waals surface area contributed by atoms with Gasteiger partial charge in [-0.1, -0.05) is 18.2 Å². The molecular formula is C15H19NO3. The smallest absolute Gasteiger partial charge is 0.308 e. The molecule has 0 bridgehead atoms. The fourth-order valence-corrected chi connectivity index (χ4v) is 2.52. The van der Waals surface area contributed by atoms with Crippen LogP contribution in [0.5, 0.6) is 0 Å². The molecule has 0 N–H and O–H groups in total. The lowest BCUT2D eigenvalue weighted by Gasteiger charge is -2.30. The molecule has 0 radical (unpaired) electrons. The molecule has 4 nitrogen and oxygen atoms in total. The Morgan fingerprint density at radius 2 is 2.16 bits per heavy atom. The summed E-state index contributed by atoms with van der Waals surface area (Å²) in [5.41, 5.74) is 1.85. The highest BCUT2D eigenvalue weighted by Gasteiger charge is 2.25. The predicted molar refractivity (Wildman–Crippen MR) is 71.8 cm³/mol. The first-order valence-electron chi connectivity index (χ1n) is 6.57. The normalized spacial score (nSPS) is 17.1. The third-order valence-electron chi connectivity index (χ3n) is 3.62. The fourth-order valence-electron chi connectivity index (χ4n) is 2.52. The quantitative estimate of drug-likeness (QED) is 0.613. The zero-order valence-corrected chi connectivity index (χ0v) is 11.2. The average molecular weight is 261 g/mol. The van der Waals surface area contributed by atoms with E-state index in [2.05, 4.69) is 4.90 Å². The predicted octanol–water partition coefficient (Wildman–Crippen LogP) is 1.88. The van der Waals surface area contributed by atoms with Crippen molar-refractivity contribution in [2.45, 2.75) is 19.4 Å². The van der Waals surface area contributed by atoms with Gasteiger partial charge in [0.05, 0.1) is 13.0 Å². The van der Waals surface area contributed by atoms with Gasteiger partial charge in [0.1, 0.15) is 6.29 Å². The first kappa shape index (κ1) is 13.7. The highest BCUT2D eigenvalue weighted by molar-refractivity contribution is 5.74. The summed E-state index contributed by atoms with van der Waals surface area (Å²) < 4.78 is 4.78. The van der Waals surface area contributed by atoms with Crippen LogP contribution >= 0.6 is 0 Å². The number of hydrogen-bond donors (Lipinski definition) is 0. The molecule has 0 spiro atoms. The number of esters is 1. The van der Waals surface area contributed by atoms with E-state index < -0.39 is 0 Å². The van der Waals surface area contributed by atoms with Crippen LogP contribution in [0.2, 0.25) is 0 Å². The maximum absolute atomic E-state index is 11.4. The zero-order chi connectivity index (χ0) is 13.7. The Labute approximate surface area is 113 Å². The Kier molecular flexibility index (Phi) is 4.68. The molecule has 1 saturated heterocycles. The molecule has 4 heteroatoms. The van der Waals surface area contributed by atoms with Crippen molar-refractivity contribution in [2.24, 2.45) is 5.92 Å². The lowest BCUT2D eigenvalue weighted by molar-refractivity contribution is -0.147. The molecule has 0 saturated carbocycles. The molecule has 1 heterocycles. The second kappa shape index (κ2) is 6.48. The van der Waals surface area contributed by atoms with E-state index >= 15 is 0 Å². The topological polar surface area (TPSA) is 46.6 Å². The van der Waals surface area contributed by atoms with Crippen LogP contribution in [0.3, 0.4) is 0 Å². The molecule has 0 unspecified atom stereocenters. The van der Waals surface area contributed by atoms with Crippen LogP contribution in [0.4, 0.5) is 0 Å². The first-order chi connectivity index (χ1) is 9.22. The number of carbonyl (C=O) groups is 2. The molecule has 2 rings (SSSR count). The summed E-state index contributed by atoms with van der Waals surface area (Å²) in [7, 11) is 1.44. The van der Waals surface area contributed by atoms with Crippen molar-refractivity contribution < 1.29 is 14.3 Å². The van der Waals surface area contributed by atoms with Gasteiger partial charge in [0.15, 0.2) is 0 Å². The van der Waals surface area contributed by atoms with Gasteiger partial charge in [-0.3, -0.25) is 14.5 Å². The summed E-state index contributed by atoms with van der Waals surface area (Å²) in [5, 5.41) is 0.